The number of aliphatic hydroxyl groups excluding tert-OH is 1. The number of rotatable bonds is 10. The van der Waals surface area contributed by atoms with Gasteiger partial charge in [0.15, 0.2) is 0 Å². The lowest BCUT2D eigenvalue weighted by Crippen LogP contribution is -2.47. The molecule has 2 atom stereocenters. The van der Waals surface area contributed by atoms with E-state index in [-0.39, 0.29) is 29.0 Å². The first-order valence-electron chi connectivity index (χ1n) is 13.1. The summed E-state index contributed by atoms with van der Waals surface area (Å²) in [6.07, 6.45) is 4.34. The quantitative estimate of drug-likeness (QED) is 0.310. The minimum Gasteiger partial charge on any atom is -0.491 e. The first kappa shape index (κ1) is 28.9. The molecule has 3 aromatic rings. The molecule has 4 heterocycles. The molecule has 1 unspecified atom stereocenters. The maximum atomic E-state index is 13.3. The van der Waals surface area contributed by atoms with Crippen molar-refractivity contribution >= 4 is 31.1 Å². The first-order valence-corrected chi connectivity index (χ1v) is 16.1. The minimum atomic E-state index is -3.67. The van der Waals surface area contributed by atoms with Gasteiger partial charge in [-0.3, -0.25) is 4.98 Å². The Morgan fingerprint density at radius 3 is 2.70 bits per heavy atom. The molecule has 1 aromatic carbocycles. The Bertz CT molecular complexity index is 1570. The number of aryl methyl sites for hydroxylation is 1. The van der Waals surface area contributed by atoms with Crippen LogP contribution in [0.15, 0.2) is 58.6 Å². The summed E-state index contributed by atoms with van der Waals surface area (Å²) < 4.78 is 67.9. The molecule has 2 saturated heterocycles. The van der Waals surface area contributed by atoms with Gasteiger partial charge in [-0.05, 0) is 50.6 Å². The van der Waals surface area contributed by atoms with Crippen LogP contribution >= 0.6 is 0 Å². The number of benzene rings is 1. The van der Waals surface area contributed by atoms with Gasteiger partial charge in [0, 0.05) is 51.2 Å². The number of nitrogens with one attached hydrogen (secondary N) is 2. The van der Waals surface area contributed by atoms with E-state index in [1.165, 1.54) is 29.7 Å². The number of ether oxygens (including phenoxy) is 2. The summed E-state index contributed by atoms with van der Waals surface area (Å²) in [6.45, 7) is 1.45. The van der Waals surface area contributed by atoms with Gasteiger partial charge in [-0.2, -0.15) is 4.31 Å². The van der Waals surface area contributed by atoms with E-state index in [4.69, 9.17) is 9.47 Å². The van der Waals surface area contributed by atoms with E-state index in [0.717, 1.165) is 17.5 Å². The van der Waals surface area contributed by atoms with Crippen LogP contribution in [0.5, 0.6) is 5.75 Å². The summed E-state index contributed by atoms with van der Waals surface area (Å²) in [5.74, 6) is 0.347. The Kier molecular flexibility index (Phi) is 8.21. The third kappa shape index (κ3) is 6.03. The van der Waals surface area contributed by atoms with Crippen molar-refractivity contribution in [2.24, 2.45) is 7.05 Å². The predicted molar refractivity (Wildman–Crippen MR) is 148 cm³/mol. The monoisotopic (exact) mass is 593 g/mol. The highest BCUT2D eigenvalue weighted by molar-refractivity contribution is 7.89. The van der Waals surface area contributed by atoms with Crippen LogP contribution in [0.4, 0.5) is 0 Å². The number of hydrogen-bond donors (Lipinski definition) is 3. The Balaban J connectivity index is 1.09. The second-order valence-corrected chi connectivity index (χ2v) is 14.2. The molecule has 3 N–H and O–H groups in total. The number of sulfonamides is 2. The van der Waals surface area contributed by atoms with Crippen LogP contribution in [-0.4, -0.2) is 93.4 Å². The van der Waals surface area contributed by atoms with E-state index in [0.29, 0.717) is 38.3 Å². The summed E-state index contributed by atoms with van der Waals surface area (Å²) in [6, 6.07) is 9.62. The summed E-state index contributed by atoms with van der Waals surface area (Å²) in [5, 5.41) is 13.7. The Labute approximate surface area is 234 Å². The molecule has 0 amide bonds. The zero-order valence-corrected chi connectivity index (χ0v) is 24.1. The SMILES string of the molecule is CNS(=O)(=O)c1cccc(OCC(O)CN[C@H]2COC3(CCN(S(=O)(=O)c4cnc5ccn(C)c5c4)CC3)C2)c1. The van der Waals surface area contributed by atoms with E-state index < -0.39 is 31.8 Å². The number of aliphatic hydroxyl groups is 1. The van der Waals surface area contributed by atoms with Gasteiger partial charge in [0.25, 0.3) is 0 Å². The number of hydrogen-bond acceptors (Lipinski definition) is 9. The van der Waals surface area contributed by atoms with Gasteiger partial charge in [0.1, 0.15) is 23.4 Å². The topological polar surface area (TPSA) is 152 Å². The lowest BCUT2D eigenvalue weighted by atomic mass is 9.88. The standard InChI is InChI=1S/C26H35N5O7S2/c1-27-39(33,34)22-5-3-4-21(12-22)37-18-20(32)15-28-19-14-26(38-17-19)7-10-31(11-8-26)40(35,36)23-13-25-24(29-16-23)6-9-30(25)2/h3-6,9,12-13,16,19-20,27-28,32H,7-8,10-11,14-15,17-18H2,1-2H3/t19-,20?/m1/s1. The molecule has 12 nitrogen and oxygen atoms in total. The Morgan fingerprint density at radius 1 is 1.18 bits per heavy atom. The molecule has 14 heteroatoms. The van der Waals surface area contributed by atoms with Gasteiger partial charge in [0.05, 0.1) is 28.1 Å². The fourth-order valence-corrected chi connectivity index (χ4v) is 7.44. The zero-order chi connectivity index (χ0) is 28.5. The molecule has 5 rings (SSSR count). The van der Waals surface area contributed by atoms with Crippen molar-refractivity contribution in [2.45, 2.75) is 46.8 Å². The van der Waals surface area contributed by atoms with Gasteiger partial charge in [0.2, 0.25) is 20.0 Å². The maximum absolute atomic E-state index is 13.3. The van der Waals surface area contributed by atoms with E-state index in [1.807, 2.05) is 23.9 Å². The van der Waals surface area contributed by atoms with Crippen LogP contribution in [0.2, 0.25) is 0 Å². The van der Waals surface area contributed by atoms with Crippen LogP contribution < -0.4 is 14.8 Å². The van der Waals surface area contributed by atoms with Crippen LogP contribution in [0.1, 0.15) is 19.3 Å². The van der Waals surface area contributed by atoms with Gasteiger partial charge in [-0.1, -0.05) is 6.07 Å². The highest BCUT2D eigenvalue weighted by Gasteiger charge is 2.44. The van der Waals surface area contributed by atoms with Crippen molar-refractivity contribution in [1.29, 1.82) is 0 Å². The fourth-order valence-electron chi connectivity index (χ4n) is 5.27. The molecule has 2 aliphatic rings. The van der Waals surface area contributed by atoms with E-state index >= 15 is 0 Å². The number of piperidine rings is 1. The van der Waals surface area contributed by atoms with Crippen molar-refractivity contribution in [3.63, 3.8) is 0 Å². The zero-order valence-electron chi connectivity index (χ0n) is 22.5. The van der Waals surface area contributed by atoms with Crippen LogP contribution in [0.3, 0.4) is 0 Å². The van der Waals surface area contributed by atoms with E-state index in [1.54, 1.807) is 18.2 Å². The summed E-state index contributed by atoms with van der Waals surface area (Å²) in [7, 11) is -4.06. The van der Waals surface area contributed by atoms with E-state index in [2.05, 4.69) is 15.0 Å². The molecular weight excluding hydrogens is 558 g/mol. The van der Waals surface area contributed by atoms with Crippen molar-refractivity contribution in [3.8, 4) is 5.75 Å². The van der Waals surface area contributed by atoms with Gasteiger partial charge in [-0.15, -0.1) is 0 Å². The molecule has 218 valence electrons. The lowest BCUT2D eigenvalue weighted by molar-refractivity contribution is -0.0312. The molecular formula is C26H35N5O7S2. The second kappa shape index (κ2) is 11.4. The molecule has 40 heavy (non-hydrogen) atoms. The molecule has 0 aliphatic carbocycles. The molecule has 2 fully saturated rings. The third-order valence-electron chi connectivity index (χ3n) is 7.66. The first-order chi connectivity index (χ1) is 19.0. The van der Waals surface area contributed by atoms with Gasteiger partial charge >= 0.3 is 0 Å². The summed E-state index contributed by atoms with van der Waals surface area (Å²) in [4.78, 5) is 4.59. The largest absolute Gasteiger partial charge is 0.491 e. The van der Waals surface area contributed by atoms with Crippen LogP contribution in [0, 0.1) is 0 Å². The molecule has 2 aliphatic heterocycles. The molecule has 0 bridgehead atoms. The predicted octanol–water partition coefficient (Wildman–Crippen LogP) is 0.823. The average Bonchev–Trinajstić information content (AvgIpc) is 3.53. The van der Waals surface area contributed by atoms with Crippen molar-refractivity contribution in [1.82, 2.24) is 23.9 Å². The molecule has 1 spiro atoms. The fraction of sp³-hybridized carbons (Fsp3) is 0.500. The van der Waals surface area contributed by atoms with Crippen molar-refractivity contribution in [2.75, 3.05) is 39.9 Å². The van der Waals surface area contributed by atoms with Crippen LogP contribution in [-0.2, 0) is 31.8 Å². The van der Waals surface area contributed by atoms with Crippen molar-refractivity contribution < 1.29 is 31.4 Å². The number of nitrogens with zero attached hydrogens (tertiary/aromatic N) is 3. The third-order valence-corrected chi connectivity index (χ3v) is 10.9. The number of pyridine rings is 1. The Hall–Kier alpha value is -2.59. The van der Waals surface area contributed by atoms with Crippen LogP contribution in [0.25, 0.3) is 11.0 Å². The average molecular weight is 594 g/mol. The summed E-state index contributed by atoms with van der Waals surface area (Å²) >= 11 is 0. The highest BCUT2D eigenvalue weighted by Crippen LogP contribution is 2.37. The second-order valence-electron chi connectivity index (χ2n) is 10.4. The van der Waals surface area contributed by atoms with Gasteiger partial charge < -0.3 is 24.5 Å². The molecule has 0 saturated carbocycles. The Morgan fingerprint density at radius 2 is 1.95 bits per heavy atom. The van der Waals surface area contributed by atoms with Gasteiger partial charge in [-0.25, -0.2) is 21.6 Å². The minimum absolute atomic E-state index is 0.00893. The number of aromatic nitrogens is 2. The maximum Gasteiger partial charge on any atom is 0.244 e. The van der Waals surface area contributed by atoms with Crippen molar-refractivity contribution in [3.05, 3.63) is 48.8 Å². The smallest absolute Gasteiger partial charge is 0.244 e. The summed E-state index contributed by atoms with van der Waals surface area (Å²) in [5.41, 5.74) is 1.12. The highest BCUT2D eigenvalue weighted by atomic mass is 32.2. The molecule has 2 aromatic heterocycles. The lowest BCUT2D eigenvalue weighted by Gasteiger charge is -2.38. The number of fused-ring (bicyclic) bond motifs is 1. The normalized spacial score (nSPS) is 20.7. The van der Waals surface area contributed by atoms with E-state index in [9.17, 15) is 21.9 Å². The molecule has 0 radical (unpaired) electrons.